The van der Waals surface area contributed by atoms with Crippen LogP contribution in [-0.2, 0) is 0 Å². The summed E-state index contributed by atoms with van der Waals surface area (Å²) >= 11 is 5.06. The minimum atomic E-state index is -0.183. The van der Waals surface area contributed by atoms with E-state index in [4.69, 9.17) is 18.0 Å². The Morgan fingerprint density at radius 1 is 1.53 bits per heavy atom. The van der Waals surface area contributed by atoms with Crippen LogP contribution in [0.4, 0.5) is 0 Å². The SMILES string of the molecule is CCC(C(N)=S)N1CCC(C(C)O)CC1. The average molecular weight is 230 g/mol. The summed E-state index contributed by atoms with van der Waals surface area (Å²) in [7, 11) is 0. The van der Waals surface area contributed by atoms with Crippen LogP contribution in [0.1, 0.15) is 33.1 Å². The van der Waals surface area contributed by atoms with Gasteiger partial charge in [-0.2, -0.15) is 0 Å². The van der Waals surface area contributed by atoms with Gasteiger partial charge in [-0.3, -0.25) is 4.90 Å². The molecular weight excluding hydrogens is 208 g/mol. The zero-order valence-corrected chi connectivity index (χ0v) is 10.5. The van der Waals surface area contributed by atoms with Gasteiger partial charge in [-0.25, -0.2) is 0 Å². The van der Waals surface area contributed by atoms with E-state index in [0.29, 0.717) is 10.9 Å². The quantitative estimate of drug-likeness (QED) is 0.711. The van der Waals surface area contributed by atoms with Crippen LogP contribution < -0.4 is 5.73 Å². The second kappa shape index (κ2) is 5.77. The maximum atomic E-state index is 9.50. The first-order chi connectivity index (χ1) is 7.06. The van der Waals surface area contributed by atoms with Crippen molar-refractivity contribution in [2.75, 3.05) is 13.1 Å². The van der Waals surface area contributed by atoms with Gasteiger partial charge in [-0.1, -0.05) is 19.1 Å². The van der Waals surface area contributed by atoms with Crippen molar-refractivity contribution in [2.24, 2.45) is 11.7 Å². The van der Waals surface area contributed by atoms with Crippen molar-refractivity contribution in [3.63, 3.8) is 0 Å². The van der Waals surface area contributed by atoms with Crippen molar-refractivity contribution in [1.29, 1.82) is 0 Å². The van der Waals surface area contributed by atoms with Gasteiger partial charge in [-0.05, 0) is 45.2 Å². The van der Waals surface area contributed by atoms with Crippen LogP contribution >= 0.6 is 12.2 Å². The topological polar surface area (TPSA) is 49.5 Å². The maximum absolute atomic E-state index is 9.50. The minimum Gasteiger partial charge on any atom is -0.393 e. The Balaban J connectivity index is 2.45. The number of rotatable bonds is 4. The monoisotopic (exact) mass is 230 g/mol. The van der Waals surface area contributed by atoms with Crippen LogP contribution in [0.3, 0.4) is 0 Å². The fourth-order valence-corrected chi connectivity index (χ4v) is 2.67. The molecule has 0 bridgehead atoms. The fourth-order valence-electron chi connectivity index (χ4n) is 2.35. The predicted molar refractivity (Wildman–Crippen MR) is 66.8 cm³/mol. The van der Waals surface area contributed by atoms with Crippen LogP contribution in [0, 0.1) is 5.92 Å². The lowest BCUT2D eigenvalue weighted by Crippen LogP contribution is -2.48. The molecule has 88 valence electrons. The summed E-state index contributed by atoms with van der Waals surface area (Å²) in [5.41, 5.74) is 5.71. The Bertz CT molecular complexity index is 213. The van der Waals surface area contributed by atoms with Crippen molar-refractivity contribution in [3.05, 3.63) is 0 Å². The Hall–Kier alpha value is -0.190. The smallest absolute Gasteiger partial charge is 0.0901 e. The normalized spacial score (nSPS) is 23.7. The molecule has 15 heavy (non-hydrogen) atoms. The molecular formula is C11H22N2OS. The molecule has 1 aliphatic rings. The molecule has 1 rings (SSSR count). The molecule has 0 amide bonds. The first kappa shape index (κ1) is 12.9. The van der Waals surface area contributed by atoms with Crippen molar-refractivity contribution in [2.45, 2.75) is 45.3 Å². The first-order valence-electron chi connectivity index (χ1n) is 5.77. The van der Waals surface area contributed by atoms with Gasteiger partial charge in [-0.15, -0.1) is 0 Å². The number of thiocarbonyl (C=S) groups is 1. The molecule has 1 aliphatic heterocycles. The number of nitrogens with zero attached hydrogens (tertiary/aromatic N) is 1. The van der Waals surface area contributed by atoms with Crippen molar-refractivity contribution in [1.82, 2.24) is 4.90 Å². The molecule has 3 N–H and O–H groups in total. The number of hydrogen-bond donors (Lipinski definition) is 2. The molecule has 4 heteroatoms. The predicted octanol–water partition coefficient (Wildman–Crippen LogP) is 1.14. The molecule has 2 unspecified atom stereocenters. The highest BCUT2D eigenvalue weighted by Crippen LogP contribution is 2.22. The largest absolute Gasteiger partial charge is 0.393 e. The van der Waals surface area contributed by atoms with Crippen molar-refractivity contribution >= 4 is 17.2 Å². The Labute approximate surface area is 97.6 Å². The molecule has 3 nitrogen and oxygen atoms in total. The summed E-state index contributed by atoms with van der Waals surface area (Å²) in [5, 5.41) is 9.50. The third-order valence-electron chi connectivity index (χ3n) is 3.41. The zero-order chi connectivity index (χ0) is 11.4. The summed E-state index contributed by atoms with van der Waals surface area (Å²) in [5.74, 6) is 0.449. The first-order valence-corrected chi connectivity index (χ1v) is 6.18. The van der Waals surface area contributed by atoms with Gasteiger partial charge >= 0.3 is 0 Å². The molecule has 0 radical (unpaired) electrons. The second-order valence-electron chi connectivity index (χ2n) is 4.44. The van der Waals surface area contributed by atoms with Gasteiger partial charge in [0.1, 0.15) is 0 Å². The Morgan fingerprint density at radius 2 is 2.07 bits per heavy atom. The zero-order valence-electron chi connectivity index (χ0n) is 9.65. The van der Waals surface area contributed by atoms with E-state index >= 15 is 0 Å². The molecule has 0 saturated carbocycles. The van der Waals surface area contributed by atoms with Crippen molar-refractivity contribution in [3.8, 4) is 0 Å². The molecule has 0 spiro atoms. The van der Waals surface area contributed by atoms with Crippen LogP contribution in [-0.4, -0.2) is 40.2 Å². The number of nitrogens with two attached hydrogens (primary N) is 1. The highest BCUT2D eigenvalue weighted by molar-refractivity contribution is 7.80. The second-order valence-corrected chi connectivity index (χ2v) is 4.91. The molecule has 0 aromatic rings. The third-order valence-corrected chi connectivity index (χ3v) is 3.68. The maximum Gasteiger partial charge on any atom is 0.0901 e. The van der Waals surface area contributed by atoms with E-state index < -0.39 is 0 Å². The summed E-state index contributed by atoms with van der Waals surface area (Å²) in [6, 6.07) is 0.245. The number of aliphatic hydroxyl groups is 1. The molecule has 2 atom stereocenters. The van der Waals surface area contributed by atoms with Gasteiger partial charge < -0.3 is 10.8 Å². The highest BCUT2D eigenvalue weighted by atomic mass is 32.1. The molecule has 0 aromatic carbocycles. The lowest BCUT2D eigenvalue weighted by Gasteiger charge is -2.37. The molecule has 0 aliphatic carbocycles. The van der Waals surface area contributed by atoms with Crippen LogP contribution in [0.5, 0.6) is 0 Å². The van der Waals surface area contributed by atoms with E-state index in [1.807, 2.05) is 6.92 Å². The van der Waals surface area contributed by atoms with Crippen molar-refractivity contribution < 1.29 is 5.11 Å². The number of piperidine rings is 1. The van der Waals surface area contributed by atoms with Crippen LogP contribution in [0.15, 0.2) is 0 Å². The Morgan fingerprint density at radius 3 is 2.40 bits per heavy atom. The van der Waals surface area contributed by atoms with Crippen LogP contribution in [0.25, 0.3) is 0 Å². The van der Waals surface area contributed by atoms with Gasteiger partial charge in [0, 0.05) is 0 Å². The summed E-state index contributed by atoms with van der Waals surface area (Å²) in [6.07, 6.45) is 2.90. The van der Waals surface area contributed by atoms with E-state index in [9.17, 15) is 5.11 Å². The van der Waals surface area contributed by atoms with E-state index in [2.05, 4.69) is 11.8 Å². The highest BCUT2D eigenvalue weighted by Gasteiger charge is 2.27. The van der Waals surface area contributed by atoms with E-state index in [1.54, 1.807) is 0 Å². The fraction of sp³-hybridized carbons (Fsp3) is 0.909. The molecule has 1 saturated heterocycles. The average Bonchev–Trinajstić information content (AvgIpc) is 2.19. The van der Waals surface area contributed by atoms with Gasteiger partial charge in [0.15, 0.2) is 0 Å². The Kier molecular flexibility index (Phi) is 4.96. The van der Waals surface area contributed by atoms with Gasteiger partial charge in [0.05, 0.1) is 17.1 Å². The number of hydrogen-bond acceptors (Lipinski definition) is 3. The van der Waals surface area contributed by atoms with E-state index in [0.717, 1.165) is 32.4 Å². The van der Waals surface area contributed by atoms with Crippen LogP contribution in [0.2, 0.25) is 0 Å². The van der Waals surface area contributed by atoms with Gasteiger partial charge in [0.25, 0.3) is 0 Å². The molecule has 1 fully saturated rings. The van der Waals surface area contributed by atoms with E-state index in [-0.39, 0.29) is 12.1 Å². The lowest BCUT2D eigenvalue weighted by molar-refractivity contribution is 0.0653. The van der Waals surface area contributed by atoms with E-state index in [1.165, 1.54) is 0 Å². The number of aliphatic hydroxyl groups excluding tert-OH is 1. The van der Waals surface area contributed by atoms with Gasteiger partial charge in [0.2, 0.25) is 0 Å². The molecule has 0 aromatic heterocycles. The lowest BCUT2D eigenvalue weighted by atomic mass is 9.91. The molecule has 1 heterocycles. The standard InChI is InChI=1S/C11H22N2OS/c1-3-10(11(12)15)13-6-4-9(5-7-13)8(2)14/h8-10,14H,3-7H2,1-2H3,(H2,12,15). The minimum absolute atomic E-state index is 0.183. The number of likely N-dealkylation sites (tertiary alicyclic amines) is 1. The summed E-state index contributed by atoms with van der Waals surface area (Å²) < 4.78 is 0. The third kappa shape index (κ3) is 3.40. The summed E-state index contributed by atoms with van der Waals surface area (Å²) in [4.78, 5) is 2.95. The summed E-state index contributed by atoms with van der Waals surface area (Å²) in [6.45, 7) is 6.01.